The highest BCUT2D eigenvalue weighted by Crippen LogP contribution is 2.23. The summed E-state index contributed by atoms with van der Waals surface area (Å²) in [6.07, 6.45) is 0.152. The van der Waals surface area contributed by atoms with E-state index in [-0.39, 0.29) is 12.0 Å². The van der Waals surface area contributed by atoms with Gasteiger partial charge in [-0.3, -0.25) is 4.79 Å². The van der Waals surface area contributed by atoms with Crippen LogP contribution >= 0.6 is 11.8 Å². The molecule has 0 bridgehead atoms. The van der Waals surface area contributed by atoms with Crippen LogP contribution in [0.25, 0.3) is 0 Å². The van der Waals surface area contributed by atoms with Gasteiger partial charge in [-0.05, 0) is 68.3 Å². The third-order valence-electron chi connectivity index (χ3n) is 4.39. The standard InChI is InChI=1S/C25H27NO2S/c1-18(2)28-23-12-8-20(9-13-23)16-26-25(27)22-10-6-21(7-11-22)17-29-24-14-4-19(3)5-15-24/h4-15,18H,16-17H2,1-3H3,(H,26,27). The van der Waals surface area contributed by atoms with Crippen molar-refractivity contribution in [2.75, 3.05) is 0 Å². The molecule has 0 unspecified atom stereocenters. The average Bonchev–Trinajstić information content (AvgIpc) is 2.72. The van der Waals surface area contributed by atoms with Crippen molar-refractivity contribution in [3.05, 3.63) is 95.1 Å². The van der Waals surface area contributed by atoms with Gasteiger partial charge < -0.3 is 10.1 Å². The molecule has 0 aliphatic carbocycles. The Bertz CT molecular complexity index is 917. The molecule has 150 valence electrons. The zero-order chi connectivity index (χ0) is 20.6. The molecule has 3 aromatic carbocycles. The molecule has 1 N–H and O–H groups in total. The van der Waals surface area contributed by atoms with Gasteiger partial charge in [0.25, 0.3) is 5.91 Å². The van der Waals surface area contributed by atoms with Gasteiger partial charge in [0.2, 0.25) is 0 Å². The quantitative estimate of drug-likeness (QED) is 0.467. The molecule has 0 aromatic heterocycles. The first-order valence-electron chi connectivity index (χ1n) is 9.82. The lowest BCUT2D eigenvalue weighted by molar-refractivity contribution is 0.0951. The molecule has 0 aliphatic heterocycles. The minimum absolute atomic E-state index is 0.0646. The van der Waals surface area contributed by atoms with E-state index in [1.807, 2.05) is 62.4 Å². The minimum Gasteiger partial charge on any atom is -0.491 e. The van der Waals surface area contributed by atoms with Crippen molar-refractivity contribution in [2.45, 2.75) is 44.1 Å². The summed E-state index contributed by atoms with van der Waals surface area (Å²) in [6.45, 7) is 6.58. The van der Waals surface area contributed by atoms with Gasteiger partial charge in [0.05, 0.1) is 6.10 Å². The number of thioether (sulfide) groups is 1. The number of benzene rings is 3. The molecule has 0 atom stereocenters. The van der Waals surface area contributed by atoms with Crippen molar-refractivity contribution in [1.82, 2.24) is 5.32 Å². The summed E-state index contributed by atoms with van der Waals surface area (Å²) in [4.78, 5) is 13.7. The molecule has 0 radical (unpaired) electrons. The van der Waals surface area contributed by atoms with Gasteiger partial charge in [0, 0.05) is 22.8 Å². The van der Waals surface area contributed by atoms with Gasteiger partial charge in [-0.15, -0.1) is 11.8 Å². The van der Waals surface area contributed by atoms with Gasteiger partial charge in [0.15, 0.2) is 0 Å². The highest BCUT2D eigenvalue weighted by molar-refractivity contribution is 7.98. The monoisotopic (exact) mass is 405 g/mol. The van der Waals surface area contributed by atoms with E-state index in [0.717, 1.165) is 17.1 Å². The summed E-state index contributed by atoms with van der Waals surface area (Å²) in [6, 6.07) is 24.2. The zero-order valence-electron chi connectivity index (χ0n) is 17.1. The van der Waals surface area contributed by atoms with E-state index in [1.54, 1.807) is 11.8 Å². The first-order chi connectivity index (χ1) is 14.0. The maximum Gasteiger partial charge on any atom is 0.251 e. The van der Waals surface area contributed by atoms with Crippen molar-refractivity contribution in [3.63, 3.8) is 0 Å². The maximum atomic E-state index is 12.4. The van der Waals surface area contributed by atoms with Gasteiger partial charge in [-0.25, -0.2) is 0 Å². The van der Waals surface area contributed by atoms with Crippen molar-refractivity contribution in [3.8, 4) is 5.75 Å². The SMILES string of the molecule is Cc1ccc(SCc2ccc(C(=O)NCc3ccc(OC(C)C)cc3)cc2)cc1. The Hall–Kier alpha value is -2.72. The number of carbonyl (C=O) groups is 1. The smallest absolute Gasteiger partial charge is 0.251 e. The van der Waals surface area contributed by atoms with Crippen LogP contribution in [0.5, 0.6) is 5.75 Å². The first-order valence-corrected chi connectivity index (χ1v) is 10.8. The Morgan fingerprint density at radius 3 is 2.14 bits per heavy atom. The van der Waals surface area contributed by atoms with Crippen LogP contribution in [0.2, 0.25) is 0 Å². The molecule has 1 amide bonds. The number of rotatable bonds is 8. The third-order valence-corrected chi connectivity index (χ3v) is 5.47. The summed E-state index contributed by atoms with van der Waals surface area (Å²) < 4.78 is 5.64. The highest BCUT2D eigenvalue weighted by Gasteiger charge is 2.06. The Kier molecular flexibility index (Phi) is 7.36. The highest BCUT2D eigenvalue weighted by atomic mass is 32.2. The molecule has 0 aliphatic rings. The molecular weight excluding hydrogens is 378 g/mol. The second kappa shape index (κ2) is 10.2. The summed E-state index contributed by atoms with van der Waals surface area (Å²) >= 11 is 1.80. The van der Waals surface area contributed by atoms with E-state index >= 15 is 0 Å². The van der Waals surface area contributed by atoms with Gasteiger partial charge in [-0.1, -0.05) is 42.0 Å². The molecule has 3 nitrogen and oxygen atoms in total. The molecule has 4 heteroatoms. The molecule has 29 heavy (non-hydrogen) atoms. The Morgan fingerprint density at radius 2 is 1.52 bits per heavy atom. The Labute approximate surface area is 177 Å². The molecule has 0 fully saturated rings. The van der Waals surface area contributed by atoms with Crippen LogP contribution in [-0.2, 0) is 12.3 Å². The Morgan fingerprint density at radius 1 is 0.897 bits per heavy atom. The van der Waals surface area contributed by atoms with Gasteiger partial charge in [0.1, 0.15) is 5.75 Å². The number of nitrogens with one attached hydrogen (secondary N) is 1. The molecule has 0 saturated heterocycles. The lowest BCUT2D eigenvalue weighted by atomic mass is 10.1. The predicted molar refractivity (Wildman–Crippen MR) is 121 cm³/mol. The number of carbonyl (C=O) groups excluding carboxylic acids is 1. The molecular formula is C25H27NO2S. The molecule has 3 rings (SSSR count). The van der Waals surface area contributed by atoms with Crippen LogP contribution in [0, 0.1) is 6.92 Å². The fourth-order valence-corrected chi connectivity index (χ4v) is 3.65. The summed E-state index contributed by atoms with van der Waals surface area (Å²) in [5, 5.41) is 2.97. The maximum absolute atomic E-state index is 12.4. The molecule has 3 aromatic rings. The number of ether oxygens (including phenoxy) is 1. The van der Waals surface area contributed by atoms with Crippen LogP contribution in [0.1, 0.15) is 40.9 Å². The lowest BCUT2D eigenvalue weighted by Gasteiger charge is -2.10. The van der Waals surface area contributed by atoms with E-state index in [2.05, 4.69) is 36.5 Å². The summed E-state index contributed by atoms with van der Waals surface area (Å²) in [5.74, 6) is 1.66. The molecule has 0 saturated carbocycles. The zero-order valence-corrected chi connectivity index (χ0v) is 18.0. The van der Waals surface area contributed by atoms with Crippen LogP contribution in [0.3, 0.4) is 0 Å². The van der Waals surface area contributed by atoms with E-state index in [0.29, 0.717) is 12.1 Å². The van der Waals surface area contributed by atoms with E-state index in [9.17, 15) is 4.79 Å². The van der Waals surface area contributed by atoms with E-state index < -0.39 is 0 Å². The van der Waals surface area contributed by atoms with Crippen LogP contribution in [0.15, 0.2) is 77.7 Å². The number of hydrogen-bond acceptors (Lipinski definition) is 3. The van der Waals surface area contributed by atoms with Crippen molar-refractivity contribution in [1.29, 1.82) is 0 Å². The summed E-state index contributed by atoms with van der Waals surface area (Å²) in [5.41, 5.74) is 4.19. The van der Waals surface area contributed by atoms with Crippen molar-refractivity contribution in [2.24, 2.45) is 0 Å². The Balaban J connectivity index is 1.48. The number of aryl methyl sites for hydroxylation is 1. The lowest BCUT2D eigenvalue weighted by Crippen LogP contribution is -2.22. The van der Waals surface area contributed by atoms with Gasteiger partial charge >= 0.3 is 0 Å². The minimum atomic E-state index is -0.0646. The second-order valence-corrected chi connectivity index (χ2v) is 8.34. The second-order valence-electron chi connectivity index (χ2n) is 7.29. The largest absolute Gasteiger partial charge is 0.491 e. The predicted octanol–water partition coefficient (Wildman–Crippen LogP) is 6.00. The fourth-order valence-electron chi connectivity index (χ4n) is 2.80. The first kappa shape index (κ1) is 21.0. The molecule has 0 spiro atoms. The van der Waals surface area contributed by atoms with Gasteiger partial charge in [-0.2, -0.15) is 0 Å². The van der Waals surface area contributed by atoms with Crippen LogP contribution in [0.4, 0.5) is 0 Å². The van der Waals surface area contributed by atoms with Crippen LogP contribution in [-0.4, -0.2) is 12.0 Å². The third kappa shape index (κ3) is 6.68. The van der Waals surface area contributed by atoms with E-state index in [4.69, 9.17) is 4.74 Å². The van der Waals surface area contributed by atoms with Crippen molar-refractivity contribution < 1.29 is 9.53 Å². The topological polar surface area (TPSA) is 38.3 Å². The normalized spacial score (nSPS) is 10.8. The number of hydrogen-bond donors (Lipinski definition) is 1. The summed E-state index contributed by atoms with van der Waals surface area (Å²) in [7, 11) is 0. The van der Waals surface area contributed by atoms with Crippen molar-refractivity contribution >= 4 is 17.7 Å². The fraction of sp³-hybridized carbons (Fsp3) is 0.240. The molecule has 0 heterocycles. The number of amides is 1. The van der Waals surface area contributed by atoms with E-state index in [1.165, 1.54) is 16.0 Å². The van der Waals surface area contributed by atoms with Crippen LogP contribution < -0.4 is 10.1 Å². The average molecular weight is 406 g/mol.